The van der Waals surface area contributed by atoms with Gasteiger partial charge in [-0.3, -0.25) is 4.79 Å². The molecule has 0 aliphatic carbocycles. The van der Waals surface area contributed by atoms with E-state index < -0.39 is 0 Å². The normalized spacial score (nSPS) is 10.2. The largest absolute Gasteiger partial charge is 0.492 e. The molecule has 0 radical (unpaired) electrons. The summed E-state index contributed by atoms with van der Waals surface area (Å²) in [5.74, 6) is 0.213. The lowest BCUT2D eigenvalue weighted by Crippen LogP contribution is -2.29. The number of rotatable bonds is 6. The summed E-state index contributed by atoms with van der Waals surface area (Å²) in [7, 11) is 0. The van der Waals surface area contributed by atoms with Crippen LogP contribution in [-0.4, -0.2) is 19.1 Å². The molecule has 0 aliphatic heterocycles. The van der Waals surface area contributed by atoms with E-state index in [9.17, 15) is 9.18 Å². The van der Waals surface area contributed by atoms with Gasteiger partial charge < -0.3 is 10.1 Å². The Morgan fingerprint density at radius 2 is 1.86 bits per heavy atom. The van der Waals surface area contributed by atoms with Crippen molar-refractivity contribution in [2.24, 2.45) is 0 Å². The minimum atomic E-state index is -0.302. The highest BCUT2D eigenvalue weighted by Gasteiger charge is 2.05. The van der Waals surface area contributed by atoms with Crippen LogP contribution in [0, 0.1) is 5.82 Å². The Kier molecular flexibility index (Phi) is 5.75. The molecular formula is C16H15BrFNO2. The molecule has 110 valence electrons. The van der Waals surface area contributed by atoms with Crippen molar-refractivity contribution < 1.29 is 13.9 Å². The molecule has 3 nitrogen and oxygen atoms in total. The van der Waals surface area contributed by atoms with Crippen molar-refractivity contribution in [3.05, 3.63) is 64.4 Å². The van der Waals surface area contributed by atoms with Crippen molar-refractivity contribution in [2.75, 3.05) is 13.2 Å². The zero-order valence-electron chi connectivity index (χ0n) is 11.3. The van der Waals surface area contributed by atoms with E-state index in [4.69, 9.17) is 4.74 Å². The molecule has 2 aromatic rings. The highest BCUT2D eigenvalue weighted by atomic mass is 79.9. The molecule has 0 bridgehead atoms. The van der Waals surface area contributed by atoms with Crippen molar-refractivity contribution in [1.29, 1.82) is 0 Å². The average molecular weight is 352 g/mol. The van der Waals surface area contributed by atoms with Crippen LogP contribution in [0.25, 0.3) is 0 Å². The number of halogens is 2. The van der Waals surface area contributed by atoms with Gasteiger partial charge in [-0.2, -0.15) is 0 Å². The molecule has 21 heavy (non-hydrogen) atoms. The molecule has 2 aromatic carbocycles. The predicted molar refractivity (Wildman–Crippen MR) is 82.8 cm³/mol. The number of hydrogen-bond acceptors (Lipinski definition) is 2. The van der Waals surface area contributed by atoms with E-state index in [1.54, 1.807) is 12.1 Å². The maximum atomic E-state index is 12.7. The van der Waals surface area contributed by atoms with Crippen LogP contribution in [0.1, 0.15) is 5.56 Å². The van der Waals surface area contributed by atoms with Crippen LogP contribution in [-0.2, 0) is 11.2 Å². The fourth-order valence-corrected chi connectivity index (χ4v) is 2.19. The Bertz CT molecular complexity index is 601. The van der Waals surface area contributed by atoms with E-state index in [-0.39, 0.29) is 11.7 Å². The molecule has 0 fully saturated rings. The van der Waals surface area contributed by atoms with Gasteiger partial charge in [-0.15, -0.1) is 0 Å². The topological polar surface area (TPSA) is 38.3 Å². The predicted octanol–water partition coefficient (Wildman–Crippen LogP) is 3.33. The first-order chi connectivity index (χ1) is 10.1. The van der Waals surface area contributed by atoms with E-state index in [1.807, 2.05) is 24.3 Å². The molecule has 2 rings (SSSR count). The number of benzene rings is 2. The second-order valence-electron chi connectivity index (χ2n) is 4.42. The fourth-order valence-electron chi connectivity index (χ4n) is 1.77. The monoisotopic (exact) mass is 351 g/mol. The van der Waals surface area contributed by atoms with Gasteiger partial charge in [0.15, 0.2) is 0 Å². The summed E-state index contributed by atoms with van der Waals surface area (Å²) in [6, 6.07) is 13.4. The summed E-state index contributed by atoms with van der Waals surface area (Å²) in [6.07, 6.45) is 0.317. The van der Waals surface area contributed by atoms with Crippen molar-refractivity contribution in [3.8, 4) is 5.75 Å². The Hall–Kier alpha value is -1.88. The zero-order chi connectivity index (χ0) is 15.1. The van der Waals surface area contributed by atoms with Gasteiger partial charge >= 0.3 is 0 Å². The van der Waals surface area contributed by atoms with Gasteiger partial charge in [0, 0.05) is 4.47 Å². The molecule has 0 atom stereocenters. The zero-order valence-corrected chi connectivity index (χ0v) is 12.9. The molecule has 0 heterocycles. The number of nitrogens with one attached hydrogen (secondary N) is 1. The lowest BCUT2D eigenvalue weighted by Gasteiger charge is -2.08. The van der Waals surface area contributed by atoms with Gasteiger partial charge in [-0.1, -0.05) is 34.1 Å². The minimum Gasteiger partial charge on any atom is -0.492 e. The summed E-state index contributed by atoms with van der Waals surface area (Å²) in [5, 5.41) is 2.78. The molecule has 0 spiro atoms. The molecule has 0 saturated carbocycles. The van der Waals surface area contributed by atoms with Crippen LogP contribution in [0.15, 0.2) is 53.0 Å². The van der Waals surface area contributed by atoms with Gasteiger partial charge in [0.1, 0.15) is 18.2 Å². The molecule has 5 heteroatoms. The summed E-state index contributed by atoms with van der Waals surface area (Å²) in [6.45, 7) is 0.744. The first kappa shape index (κ1) is 15.5. The highest BCUT2D eigenvalue weighted by Crippen LogP contribution is 2.16. The van der Waals surface area contributed by atoms with Gasteiger partial charge in [-0.05, 0) is 35.9 Å². The smallest absolute Gasteiger partial charge is 0.224 e. The number of carbonyl (C=O) groups is 1. The van der Waals surface area contributed by atoms with Crippen molar-refractivity contribution >= 4 is 21.8 Å². The third-order valence-electron chi connectivity index (χ3n) is 2.82. The molecule has 0 aromatic heterocycles. The van der Waals surface area contributed by atoms with Crippen LogP contribution < -0.4 is 10.1 Å². The maximum Gasteiger partial charge on any atom is 0.224 e. The molecule has 1 amide bonds. The second-order valence-corrected chi connectivity index (χ2v) is 5.27. The Labute approximate surface area is 131 Å². The lowest BCUT2D eigenvalue weighted by molar-refractivity contribution is -0.120. The number of ether oxygens (including phenoxy) is 1. The van der Waals surface area contributed by atoms with E-state index in [0.717, 1.165) is 10.0 Å². The van der Waals surface area contributed by atoms with E-state index in [2.05, 4.69) is 21.2 Å². The Morgan fingerprint density at radius 3 is 2.57 bits per heavy atom. The lowest BCUT2D eigenvalue weighted by atomic mass is 10.1. The van der Waals surface area contributed by atoms with Crippen molar-refractivity contribution in [1.82, 2.24) is 5.32 Å². The van der Waals surface area contributed by atoms with Crippen molar-refractivity contribution in [3.63, 3.8) is 0 Å². The summed E-state index contributed by atoms with van der Waals surface area (Å²) in [4.78, 5) is 11.8. The third-order valence-corrected chi connectivity index (χ3v) is 3.59. The average Bonchev–Trinajstić information content (AvgIpc) is 2.48. The Morgan fingerprint density at radius 1 is 1.14 bits per heavy atom. The van der Waals surface area contributed by atoms with Crippen molar-refractivity contribution in [2.45, 2.75) is 6.42 Å². The minimum absolute atomic E-state index is 0.0652. The van der Waals surface area contributed by atoms with Crippen LogP contribution in [0.2, 0.25) is 0 Å². The molecule has 0 unspecified atom stereocenters. The SMILES string of the molecule is O=C(Cc1ccccc1Br)NCCOc1ccc(F)cc1. The standard InChI is InChI=1S/C16H15BrFNO2/c17-15-4-2-1-3-12(15)11-16(20)19-9-10-21-14-7-5-13(18)6-8-14/h1-8H,9-11H2,(H,19,20). The van der Waals surface area contributed by atoms with E-state index >= 15 is 0 Å². The van der Waals surface area contributed by atoms with Gasteiger partial charge in [0.05, 0.1) is 13.0 Å². The quantitative estimate of drug-likeness (QED) is 0.810. The summed E-state index contributed by atoms with van der Waals surface area (Å²) in [5.41, 5.74) is 0.939. The van der Waals surface area contributed by atoms with Gasteiger partial charge in [0.25, 0.3) is 0 Å². The molecule has 0 saturated heterocycles. The van der Waals surface area contributed by atoms with Gasteiger partial charge in [-0.25, -0.2) is 4.39 Å². The summed E-state index contributed by atoms with van der Waals surface area (Å²) < 4.78 is 19.0. The maximum absolute atomic E-state index is 12.7. The third kappa shape index (κ3) is 5.19. The highest BCUT2D eigenvalue weighted by molar-refractivity contribution is 9.10. The van der Waals surface area contributed by atoms with E-state index in [1.165, 1.54) is 12.1 Å². The molecule has 1 N–H and O–H groups in total. The van der Waals surface area contributed by atoms with E-state index in [0.29, 0.717) is 25.3 Å². The molecule has 0 aliphatic rings. The number of carbonyl (C=O) groups excluding carboxylic acids is 1. The Balaban J connectivity index is 1.70. The van der Waals surface area contributed by atoms with Crippen LogP contribution >= 0.6 is 15.9 Å². The van der Waals surface area contributed by atoms with Gasteiger partial charge in [0.2, 0.25) is 5.91 Å². The van der Waals surface area contributed by atoms with Crippen LogP contribution in [0.4, 0.5) is 4.39 Å². The second kappa shape index (κ2) is 7.78. The summed E-state index contributed by atoms with van der Waals surface area (Å²) >= 11 is 3.41. The van der Waals surface area contributed by atoms with Crippen LogP contribution in [0.5, 0.6) is 5.75 Å². The number of amides is 1. The first-order valence-corrected chi connectivity index (χ1v) is 7.33. The fraction of sp³-hybridized carbons (Fsp3) is 0.188. The first-order valence-electron chi connectivity index (χ1n) is 6.53. The van der Waals surface area contributed by atoms with Crippen LogP contribution in [0.3, 0.4) is 0 Å². The molecular weight excluding hydrogens is 337 g/mol. The number of hydrogen-bond donors (Lipinski definition) is 1.